The molecule has 6 nitrogen and oxygen atoms in total. The summed E-state index contributed by atoms with van der Waals surface area (Å²) in [7, 11) is 2.17. The van der Waals surface area contributed by atoms with Gasteiger partial charge < -0.3 is 19.4 Å². The van der Waals surface area contributed by atoms with Gasteiger partial charge in [-0.05, 0) is 68.3 Å². The van der Waals surface area contributed by atoms with E-state index >= 15 is 0 Å². The molecule has 36 heavy (non-hydrogen) atoms. The lowest BCUT2D eigenvalue weighted by Gasteiger charge is -2.34. The van der Waals surface area contributed by atoms with Gasteiger partial charge in [0.25, 0.3) is 0 Å². The summed E-state index contributed by atoms with van der Waals surface area (Å²) in [5.74, 6) is -0.0926. The van der Waals surface area contributed by atoms with Gasteiger partial charge in [-0.2, -0.15) is 0 Å². The fraction of sp³-hybridized carbons (Fsp3) is 0.467. The molecule has 1 saturated carbocycles. The molecule has 2 aliphatic rings. The third kappa shape index (κ3) is 6.97. The Morgan fingerprint density at radius 1 is 1.00 bits per heavy atom. The molecule has 1 heterocycles. The Morgan fingerprint density at radius 3 is 2.42 bits per heavy atom. The van der Waals surface area contributed by atoms with Crippen molar-refractivity contribution >= 4 is 29.3 Å². The number of nitrogens with zero attached hydrogens (tertiary/aromatic N) is 3. The van der Waals surface area contributed by atoms with Gasteiger partial charge in [-0.25, -0.2) is 4.79 Å². The number of piperazine rings is 1. The molecule has 2 aromatic carbocycles. The maximum absolute atomic E-state index is 13.7. The van der Waals surface area contributed by atoms with Crippen LogP contribution in [-0.2, 0) is 20.9 Å². The predicted octanol–water partition coefficient (Wildman–Crippen LogP) is 5.13. The Kier molecular flexibility index (Phi) is 9.17. The van der Waals surface area contributed by atoms with Crippen LogP contribution in [0.4, 0.5) is 11.4 Å². The van der Waals surface area contributed by atoms with Crippen LogP contribution in [0.2, 0.25) is 0 Å². The van der Waals surface area contributed by atoms with E-state index in [9.17, 15) is 9.59 Å². The number of amides is 1. The largest absolute Gasteiger partial charge is 0.463 e. The number of hydrogen-bond donors (Lipinski definition) is 0. The van der Waals surface area contributed by atoms with Gasteiger partial charge in [-0.1, -0.05) is 43.5 Å². The zero-order chi connectivity index (χ0) is 25.3. The van der Waals surface area contributed by atoms with Gasteiger partial charge in [0, 0.05) is 49.5 Å². The molecule has 2 fully saturated rings. The van der Waals surface area contributed by atoms with Crippen LogP contribution in [0, 0.1) is 5.92 Å². The Balaban J connectivity index is 1.54. The zero-order valence-electron chi connectivity index (χ0n) is 21.7. The van der Waals surface area contributed by atoms with E-state index in [1.807, 2.05) is 29.2 Å². The number of ether oxygens (including phenoxy) is 1. The van der Waals surface area contributed by atoms with Crippen LogP contribution in [0.5, 0.6) is 0 Å². The lowest BCUT2D eigenvalue weighted by Crippen LogP contribution is -2.44. The highest BCUT2D eigenvalue weighted by Gasteiger charge is 2.27. The van der Waals surface area contributed by atoms with E-state index in [0.29, 0.717) is 13.2 Å². The van der Waals surface area contributed by atoms with Crippen molar-refractivity contribution in [3.8, 4) is 0 Å². The molecule has 0 N–H and O–H groups in total. The summed E-state index contributed by atoms with van der Waals surface area (Å²) in [4.78, 5) is 32.2. The monoisotopic (exact) mass is 489 g/mol. The molecular weight excluding hydrogens is 450 g/mol. The van der Waals surface area contributed by atoms with Crippen LogP contribution in [0.3, 0.4) is 0 Å². The van der Waals surface area contributed by atoms with Crippen LogP contribution in [0.1, 0.15) is 50.2 Å². The SMILES string of the molecule is CCOC(=O)C=Cc1cccc(N(Cc2ccc(N3CCN(C)CC3)cc2)C(=O)C2CCCCC2)c1. The highest BCUT2D eigenvalue weighted by molar-refractivity contribution is 5.95. The van der Waals surface area contributed by atoms with Crippen LogP contribution < -0.4 is 9.80 Å². The molecule has 1 amide bonds. The first kappa shape index (κ1) is 26.0. The fourth-order valence-electron chi connectivity index (χ4n) is 5.08. The molecule has 0 spiro atoms. The molecule has 0 bridgehead atoms. The van der Waals surface area contributed by atoms with Crippen molar-refractivity contribution in [3.05, 3.63) is 65.7 Å². The number of benzene rings is 2. The van der Waals surface area contributed by atoms with Crippen LogP contribution in [0.25, 0.3) is 6.08 Å². The lowest BCUT2D eigenvalue weighted by atomic mass is 9.88. The summed E-state index contributed by atoms with van der Waals surface area (Å²) in [5, 5.41) is 0. The summed E-state index contributed by atoms with van der Waals surface area (Å²) in [6.07, 6.45) is 8.55. The molecule has 2 aromatic rings. The molecule has 0 atom stereocenters. The maximum atomic E-state index is 13.7. The van der Waals surface area contributed by atoms with Crippen molar-refractivity contribution in [2.24, 2.45) is 5.92 Å². The second-order valence-corrected chi connectivity index (χ2v) is 9.90. The number of carbonyl (C=O) groups is 2. The van der Waals surface area contributed by atoms with Crippen LogP contribution in [-0.4, -0.2) is 56.6 Å². The summed E-state index contributed by atoms with van der Waals surface area (Å²) >= 11 is 0. The van der Waals surface area contributed by atoms with Crippen molar-refractivity contribution in [2.75, 3.05) is 49.6 Å². The number of carbonyl (C=O) groups excluding carboxylic acids is 2. The summed E-state index contributed by atoms with van der Waals surface area (Å²) < 4.78 is 5.00. The van der Waals surface area contributed by atoms with Crippen molar-refractivity contribution in [2.45, 2.75) is 45.6 Å². The molecule has 6 heteroatoms. The first-order valence-corrected chi connectivity index (χ1v) is 13.3. The van der Waals surface area contributed by atoms with E-state index in [0.717, 1.165) is 68.7 Å². The molecule has 0 unspecified atom stereocenters. The van der Waals surface area contributed by atoms with Crippen molar-refractivity contribution < 1.29 is 14.3 Å². The second-order valence-electron chi connectivity index (χ2n) is 9.90. The highest BCUT2D eigenvalue weighted by atomic mass is 16.5. The van der Waals surface area contributed by atoms with Crippen molar-refractivity contribution in [1.82, 2.24) is 4.90 Å². The van der Waals surface area contributed by atoms with Gasteiger partial charge >= 0.3 is 5.97 Å². The van der Waals surface area contributed by atoms with Crippen molar-refractivity contribution in [1.29, 1.82) is 0 Å². The molecule has 4 rings (SSSR count). The van der Waals surface area contributed by atoms with E-state index in [1.54, 1.807) is 13.0 Å². The molecule has 192 valence electrons. The smallest absolute Gasteiger partial charge is 0.330 e. The molecule has 1 aliphatic heterocycles. The molecule has 1 saturated heterocycles. The Hall–Kier alpha value is -3.12. The fourth-order valence-corrected chi connectivity index (χ4v) is 5.08. The molecule has 1 aliphatic carbocycles. The zero-order valence-corrected chi connectivity index (χ0v) is 21.7. The standard InChI is InChI=1S/C30H39N3O3/c1-3-36-29(34)17-14-24-8-7-11-28(22-24)33(30(35)26-9-5-4-6-10-26)23-25-12-15-27(16-13-25)32-20-18-31(2)19-21-32/h7-8,11-17,22,26H,3-6,9-10,18-21,23H2,1-2H3. The van der Waals surface area contributed by atoms with E-state index < -0.39 is 0 Å². The minimum absolute atomic E-state index is 0.0714. The Morgan fingerprint density at radius 2 is 1.72 bits per heavy atom. The Bertz CT molecular complexity index is 1040. The normalized spacial score (nSPS) is 17.3. The minimum Gasteiger partial charge on any atom is -0.463 e. The van der Waals surface area contributed by atoms with Crippen LogP contribution >= 0.6 is 0 Å². The van der Waals surface area contributed by atoms with E-state index in [1.165, 1.54) is 18.2 Å². The molecule has 0 radical (unpaired) electrons. The number of anilines is 2. The summed E-state index contributed by atoms with van der Waals surface area (Å²) in [6.45, 7) is 6.89. The summed E-state index contributed by atoms with van der Waals surface area (Å²) in [6, 6.07) is 16.5. The quantitative estimate of drug-likeness (QED) is 0.380. The van der Waals surface area contributed by atoms with E-state index in [-0.39, 0.29) is 17.8 Å². The third-order valence-electron chi connectivity index (χ3n) is 7.25. The van der Waals surface area contributed by atoms with E-state index in [4.69, 9.17) is 4.74 Å². The third-order valence-corrected chi connectivity index (χ3v) is 7.25. The predicted molar refractivity (Wildman–Crippen MR) is 146 cm³/mol. The van der Waals surface area contributed by atoms with Crippen LogP contribution in [0.15, 0.2) is 54.6 Å². The van der Waals surface area contributed by atoms with Gasteiger partial charge in [-0.3, -0.25) is 4.79 Å². The highest BCUT2D eigenvalue weighted by Crippen LogP contribution is 2.30. The van der Waals surface area contributed by atoms with E-state index in [2.05, 4.69) is 41.1 Å². The van der Waals surface area contributed by atoms with Gasteiger partial charge in [0.2, 0.25) is 5.91 Å². The summed E-state index contributed by atoms with van der Waals surface area (Å²) in [5.41, 5.74) is 4.08. The molecular formula is C30H39N3O3. The number of likely N-dealkylation sites (N-methyl/N-ethyl adjacent to an activating group) is 1. The van der Waals surface area contributed by atoms with Gasteiger partial charge in [0.1, 0.15) is 0 Å². The number of rotatable bonds is 8. The molecule has 0 aromatic heterocycles. The van der Waals surface area contributed by atoms with Crippen molar-refractivity contribution in [3.63, 3.8) is 0 Å². The van der Waals surface area contributed by atoms with Gasteiger partial charge in [-0.15, -0.1) is 0 Å². The first-order valence-electron chi connectivity index (χ1n) is 13.3. The number of esters is 1. The van der Waals surface area contributed by atoms with Gasteiger partial charge in [0.05, 0.1) is 13.2 Å². The Labute approximate surface area is 215 Å². The lowest BCUT2D eigenvalue weighted by molar-refractivity contribution is -0.137. The second kappa shape index (κ2) is 12.7. The minimum atomic E-state index is -0.363. The average Bonchev–Trinajstić information content (AvgIpc) is 2.92. The first-order chi connectivity index (χ1) is 17.5. The number of hydrogen-bond acceptors (Lipinski definition) is 5. The maximum Gasteiger partial charge on any atom is 0.330 e. The van der Waals surface area contributed by atoms with Gasteiger partial charge in [0.15, 0.2) is 0 Å². The average molecular weight is 490 g/mol. The topological polar surface area (TPSA) is 53.1 Å².